The van der Waals surface area contributed by atoms with Crippen LogP contribution in [0.15, 0.2) is 54.6 Å². The van der Waals surface area contributed by atoms with Gasteiger partial charge in [-0.3, -0.25) is 0 Å². The highest BCUT2D eigenvalue weighted by Crippen LogP contribution is 2.12. The van der Waals surface area contributed by atoms with E-state index in [1.807, 2.05) is 57.2 Å². The lowest BCUT2D eigenvalue weighted by molar-refractivity contribution is 0.278. The molecule has 0 aliphatic heterocycles. The van der Waals surface area contributed by atoms with E-state index in [0.29, 0.717) is 0 Å². The zero-order valence-electron chi connectivity index (χ0n) is 19.3. The molecule has 3 aromatic rings. The van der Waals surface area contributed by atoms with Gasteiger partial charge in [-0.2, -0.15) is 0 Å². The van der Waals surface area contributed by atoms with Crippen molar-refractivity contribution in [1.29, 1.82) is 0 Å². The summed E-state index contributed by atoms with van der Waals surface area (Å²) in [5.74, 6) is 0. The van der Waals surface area contributed by atoms with E-state index in [9.17, 15) is 0 Å². The van der Waals surface area contributed by atoms with E-state index >= 15 is 0 Å². The molecule has 0 aliphatic carbocycles. The van der Waals surface area contributed by atoms with E-state index in [2.05, 4.69) is 39.0 Å². The molecule has 0 aromatic heterocycles. The lowest BCUT2D eigenvalue weighted by atomic mass is 10.1. The topological polar surface area (TPSA) is 139 Å². The Morgan fingerprint density at radius 1 is 0.484 bits per heavy atom. The molecule has 0 bridgehead atoms. The van der Waals surface area contributed by atoms with Gasteiger partial charge in [-0.25, -0.2) is 0 Å². The lowest BCUT2D eigenvalue weighted by Gasteiger charge is -1.98. The van der Waals surface area contributed by atoms with Crippen molar-refractivity contribution in [3.8, 4) is 0 Å². The van der Waals surface area contributed by atoms with Crippen LogP contribution in [0.25, 0.3) is 0 Å². The third kappa shape index (κ3) is 13.0. The van der Waals surface area contributed by atoms with E-state index in [4.69, 9.17) is 32.3 Å². The first-order valence-corrected chi connectivity index (χ1v) is 9.85. The molecule has 0 amide bonds. The van der Waals surface area contributed by atoms with Gasteiger partial charge in [0.15, 0.2) is 0 Å². The molecule has 6 nitrogen and oxygen atoms in total. The highest BCUT2D eigenvalue weighted by molar-refractivity contribution is 6.30. The van der Waals surface area contributed by atoms with Crippen LogP contribution < -0.4 is 17.2 Å². The van der Waals surface area contributed by atoms with Gasteiger partial charge in [0.1, 0.15) is 0 Å². The highest BCUT2D eigenvalue weighted by atomic mass is 16.5. The summed E-state index contributed by atoms with van der Waals surface area (Å²) in [5.41, 5.74) is 26.7. The maximum absolute atomic E-state index is 7.17. The summed E-state index contributed by atoms with van der Waals surface area (Å²) in [7, 11) is -2.17. The Hall–Kier alpha value is -3.00. The fourth-order valence-corrected chi connectivity index (χ4v) is 2.48. The Kier molecular flexibility index (Phi) is 12.7. The van der Waals surface area contributed by atoms with Crippen molar-refractivity contribution in [3.63, 3.8) is 0 Å². The molecule has 0 aliphatic rings. The van der Waals surface area contributed by atoms with Gasteiger partial charge >= 0.3 is 7.32 Å². The minimum Gasteiger partial charge on any atom is -0.402 e. The molecule has 0 unspecified atom stereocenters. The van der Waals surface area contributed by atoms with Crippen LogP contribution in [0.1, 0.15) is 33.4 Å². The molecular weight excluding hydrogens is 389 g/mol. The largest absolute Gasteiger partial charge is 0.631 e. The van der Waals surface area contributed by atoms with Gasteiger partial charge in [0.05, 0.1) is 0 Å². The average molecular weight is 425 g/mol. The van der Waals surface area contributed by atoms with Gasteiger partial charge < -0.3 is 32.3 Å². The maximum Gasteiger partial charge on any atom is 0.631 e. The van der Waals surface area contributed by atoms with E-state index in [-0.39, 0.29) is 0 Å². The van der Waals surface area contributed by atoms with Gasteiger partial charge in [-0.15, -0.1) is 0 Å². The first kappa shape index (κ1) is 28.0. The number of hydrogen-bond acceptors (Lipinski definition) is 6. The molecule has 7 heteroatoms. The van der Waals surface area contributed by atoms with Gasteiger partial charge in [0.25, 0.3) is 0 Å². The first-order chi connectivity index (χ1) is 14.3. The second-order valence-electron chi connectivity index (χ2n) is 7.43. The fourth-order valence-electron chi connectivity index (χ4n) is 2.48. The number of benzene rings is 3. The third-order valence-electron chi connectivity index (χ3n) is 4.28. The zero-order valence-corrected chi connectivity index (χ0v) is 19.3. The Morgan fingerprint density at radius 2 is 0.677 bits per heavy atom. The van der Waals surface area contributed by atoms with E-state index in [1.165, 1.54) is 16.7 Å². The van der Waals surface area contributed by atoms with Crippen molar-refractivity contribution in [1.82, 2.24) is 0 Å². The fraction of sp³-hybridized carbons (Fsp3) is 0.250. The summed E-state index contributed by atoms with van der Waals surface area (Å²) in [6.45, 7) is 12.2. The van der Waals surface area contributed by atoms with Crippen LogP contribution in [-0.2, 0) is 0 Å². The molecule has 0 saturated carbocycles. The van der Waals surface area contributed by atoms with Crippen LogP contribution in [0.5, 0.6) is 0 Å². The van der Waals surface area contributed by atoms with Crippen LogP contribution in [0.2, 0.25) is 0 Å². The van der Waals surface area contributed by atoms with Gasteiger partial charge in [-0.05, 0) is 76.4 Å². The lowest BCUT2D eigenvalue weighted by Crippen LogP contribution is -2.07. The number of nitrogen functional groups attached to an aromatic ring is 3. The second kappa shape index (κ2) is 14.1. The zero-order chi connectivity index (χ0) is 24.1. The summed E-state index contributed by atoms with van der Waals surface area (Å²) >= 11 is 0. The van der Waals surface area contributed by atoms with Crippen molar-refractivity contribution in [2.45, 2.75) is 41.5 Å². The molecule has 0 spiro atoms. The van der Waals surface area contributed by atoms with Crippen molar-refractivity contribution < 1.29 is 15.1 Å². The second-order valence-corrected chi connectivity index (χ2v) is 7.43. The molecule has 0 atom stereocenters. The molecule has 0 heterocycles. The molecule has 0 fully saturated rings. The maximum atomic E-state index is 7.17. The van der Waals surface area contributed by atoms with Crippen LogP contribution in [0.4, 0.5) is 17.1 Å². The predicted octanol–water partition coefficient (Wildman–Crippen LogP) is 3.61. The first-order valence-electron chi connectivity index (χ1n) is 9.85. The monoisotopic (exact) mass is 425 g/mol. The SMILES string of the molecule is Cc1ccc(N)c(C)c1.Cc1ccc(N)c(C)c1.Cc1ccc(N)c(C)c1.OB(O)O. The minimum absolute atomic E-state index is 0.876. The molecule has 31 heavy (non-hydrogen) atoms. The van der Waals surface area contributed by atoms with Crippen molar-refractivity contribution in [2.75, 3.05) is 17.2 Å². The summed E-state index contributed by atoms with van der Waals surface area (Å²) in [6.07, 6.45) is 0. The van der Waals surface area contributed by atoms with Gasteiger partial charge in [0.2, 0.25) is 0 Å². The van der Waals surface area contributed by atoms with Crippen LogP contribution in [0.3, 0.4) is 0 Å². The molecule has 0 radical (unpaired) electrons. The Bertz CT molecular complexity index is 827. The molecule has 0 saturated heterocycles. The van der Waals surface area contributed by atoms with Crippen molar-refractivity contribution in [3.05, 3.63) is 88.0 Å². The minimum atomic E-state index is -2.17. The summed E-state index contributed by atoms with van der Waals surface area (Å²) < 4.78 is 0. The number of rotatable bonds is 0. The van der Waals surface area contributed by atoms with E-state index < -0.39 is 7.32 Å². The Labute approximate surface area is 186 Å². The Morgan fingerprint density at radius 3 is 0.806 bits per heavy atom. The smallest absolute Gasteiger partial charge is 0.402 e. The molecule has 168 valence electrons. The Balaban J connectivity index is 0.000000402. The molecule has 3 rings (SSSR count). The van der Waals surface area contributed by atoms with Crippen molar-refractivity contribution >= 4 is 24.4 Å². The molecular formula is C24H36BN3O3. The summed E-state index contributed by atoms with van der Waals surface area (Å²) in [4.78, 5) is 0. The standard InChI is InChI=1S/3C8H11N.BH3O3/c3*1-6-3-4-8(9)7(2)5-6;2-1(3)4/h3*3-5H,9H2,1-2H3;2-4H. The predicted molar refractivity (Wildman–Crippen MR) is 133 cm³/mol. The van der Waals surface area contributed by atoms with Crippen LogP contribution >= 0.6 is 0 Å². The quantitative estimate of drug-likeness (QED) is 0.240. The summed E-state index contributed by atoms with van der Waals surface area (Å²) in [6, 6.07) is 18.1. The highest BCUT2D eigenvalue weighted by Gasteiger charge is 1.93. The van der Waals surface area contributed by atoms with E-state index in [1.54, 1.807) is 0 Å². The summed E-state index contributed by atoms with van der Waals surface area (Å²) in [5, 5.41) is 21.5. The van der Waals surface area contributed by atoms with Gasteiger partial charge in [0, 0.05) is 17.1 Å². The van der Waals surface area contributed by atoms with Crippen LogP contribution in [0, 0.1) is 41.5 Å². The normalized spacial score (nSPS) is 9.19. The number of hydrogen-bond donors (Lipinski definition) is 6. The van der Waals surface area contributed by atoms with Gasteiger partial charge in [-0.1, -0.05) is 53.1 Å². The average Bonchev–Trinajstić information content (AvgIpc) is 2.66. The van der Waals surface area contributed by atoms with Crippen molar-refractivity contribution in [2.24, 2.45) is 0 Å². The third-order valence-corrected chi connectivity index (χ3v) is 4.28. The number of anilines is 3. The number of aryl methyl sites for hydroxylation is 6. The molecule has 9 N–H and O–H groups in total. The molecule has 3 aromatic carbocycles. The van der Waals surface area contributed by atoms with Crippen LogP contribution in [-0.4, -0.2) is 22.4 Å². The number of nitrogens with two attached hydrogens (primary N) is 3. The van der Waals surface area contributed by atoms with E-state index in [0.717, 1.165) is 33.8 Å².